The summed E-state index contributed by atoms with van der Waals surface area (Å²) < 4.78 is 11.9. The minimum atomic E-state index is -0.0904. The predicted octanol–water partition coefficient (Wildman–Crippen LogP) is 6.63. The first-order chi connectivity index (χ1) is 28.1. The minimum absolute atomic E-state index is 0.0904. The van der Waals surface area contributed by atoms with Crippen LogP contribution in [0, 0.1) is 13.8 Å². The lowest BCUT2D eigenvalue weighted by Gasteiger charge is -2.16. The normalized spacial score (nSPS) is 11.7. The Morgan fingerprint density at radius 1 is 0.517 bits per heavy atom. The molecule has 2 heterocycles. The molecule has 0 aliphatic carbocycles. The molecule has 0 bridgehead atoms. The van der Waals surface area contributed by atoms with Gasteiger partial charge in [-0.05, 0) is 129 Å². The van der Waals surface area contributed by atoms with Gasteiger partial charge >= 0.3 is 0 Å². The first kappa shape index (κ1) is 42.2. The van der Waals surface area contributed by atoms with Gasteiger partial charge in [0, 0.05) is 58.9 Å². The van der Waals surface area contributed by atoms with Crippen LogP contribution in [-0.4, -0.2) is 125 Å². The molecule has 0 unspecified atom stereocenters. The number of ether oxygens (including phenoxy) is 2. The van der Waals surface area contributed by atoms with Crippen LogP contribution in [0.4, 0.5) is 11.4 Å². The number of nitrogens with one attached hydrogen (secondary N) is 4. The van der Waals surface area contributed by atoms with E-state index in [1.165, 1.54) is 0 Å². The monoisotopic (exact) mass is 786 g/mol. The molecule has 4 aromatic carbocycles. The second-order valence-electron chi connectivity index (χ2n) is 15.4. The van der Waals surface area contributed by atoms with Crippen LogP contribution in [0.1, 0.15) is 44.7 Å². The molecule has 2 amide bonds. The van der Waals surface area contributed by atoms with Crippen molar-refractivity contribution in [2.24, 2.45) is 0 Å². The summed E-state index contributed by atoms with van der Waals surface area (Å²) in [4.78, 5) is 40.1. The zero-order valence-corrected chi connectivity index (χ0v) is 34.8. The second kappa shape index (κ2) is 20.3. The highest BCUT2D eigenvalue weighted by Crippen LogP contribution is 2.33. The van der Waals surface area contributed by atoms with E-state index in [1.807, 2.05) is 76.7 Å². The van der Waals surface area contributed by atoms with Crippen molar-refractivity contribution < 1.29 is 19.1 Å². The van der Waals surface area contributed by atoms with Gasteiger partial charge in [-0.25, -0.2) is 9.97 Å². The number of anilines is 2. The van der Waals surface area contributed by atoms with Crippen LogP contribution in [-0.2, 0) is 9.47 Å². The fourth-order valence-corrected chi connectivity index (χ4v) is 6.99. The topological polar surface area (TPSA) is 133 Å². The lowest BCUT2D eigenvalue weighted by molar-refractivity contribution is 0.0557. The Labute approximate surface area is 341 Å². The number of nitrogens with zero attached hydrogens (tertiary/aromatic N) is 4. The molecule has 0 aliphatic rings. The smallest absolute Gasteiger partial charge is 0.251 e. The van der Waals surface area contributed by atoms with Gasteiger partial charge in [-0.15, -0.1) is 0 Å². The first-order valence-electron chi connectivity index (χ1n) is 20.2. The Hall–Kier alpha value is -5.40. The molecule has 58 heavy (non-hydrogen) atoms. The summed E-state index contributed by atoms with van der Waals surface area (Å²) in [6.07, 6.45) is 1.77. The summed E-state index contributed by atoms with van der Waals surface area (Å²) >= 11 is 0. The Kier molecular flexibility index (Phi) is 14.8. The maximum atomic E-state index is 13.0. The van der Waals surface area contributed by atoms with E-state index in [9.17, 15) is 9.59 Å². The third-order valence-corrected chi connectivity index (χ3v) is 9.98. The van der Waals surface area contributed by atoms with E-state index in [-0.39, 0.29) is 11.8 Å². The fourth-order valence-electron chi connectivity index (χ4n) is 6.99. The van der Waals surface area contributed by atoms with Crippen LogP contribution in [0.2, 0.25) is 0 Å². The molecular formula is C46H58N8O4. The van der Waals surface area contributed by atoms with Gasteiger partial charge in [0.2, 0.25) is 0 Å². The number of hydrogen-bond donors (Lipinski definition) is 4. The van der Waals surface area contributed by atoms with E-state index in [2.05, 4.69) is 69.2 Å². The second-order valence-corrected chi connectivity index (χ2v) is 15.4. The standard InChI is InChI=1S/C46H58N8O4/c1-31-9-13-39-35(27-31)43(37-29-33(11-15-41(37)51-39)45(55)49-17-7-21-53(3)4)47-19-23-57-25-26-58-24-20-48-44-36-28-32(2)10-14-40(36)52-42-16-12-34(30-38(42)44)46(56)50-18-8-22-54(5)6/h9-16,27-30H,7-8,17-26H2,1-6H3,(H,47,51)(H,48,52)(H,49,55)(H,50,56). The molecule has 0 aliphatic heterocycles. The van der Waals surface area contributed by atoms with E-state index in [0.717, 1.165) is 92.0 Å². The van der Waals surface area contributed by atoms with Crippen molar-refractivity contribution in [2.45, 2.75) is 26.7 Å². The highest BCUT2D eigenvalue weighted by Gasteiger charge is 2.15. The maximum absolute atomic E-state index is 13.0. The van der Waals surface area contributed by atoms with Crippen LogP contribution >= 0.6 is 0 Å². The molecule has 6 rings (SSSR count). The van der Waals surface area contributed by atoms with Gasteiger partial charge in [0.25, 0.3) is 11.8 Å². The molecule has 0 saturated heterocycles. The van der Waals surface area contributed by atoms with Crippen LogP contribution in [0.3, 0.4) is 0 Å². The average Bonchev–Trinajstić information content (AvgIpc) is 3.20. The largest absolute Gasteiger partial charge is 0.382 e. The number of aromatic nitrogens is 2. The molecular weight excluding hydrogens is 729 g/mol. The van der Waals surface area contributed by atoms with Crippen LogP contribution in [0.25, 0.3) is 43.6 Å². The highest BCUT2D eigenvalue weighted by atomic mass is 16.5. The molecule has 4 N–H and O–H groups in total. The molecule has 0 radical (unpaired) electrons. The third kappa shape index (κ3) is 11.2. The van der Waals surface area contributed by atoms with Crippen LogP contribution < -0.4 is 21.3 Å². The molecule has 12 nitrogen and oxygen atoms in total. The molecule has 2 aromatic heterocycles. The van der Waals surface area contributed by atoms with Crippen molar-refractivity contribution in [3.8, 4) is 0 Å². The minimum Gasteiger partial charge on any atom is -0.382 e. The predicted molar refractivity (Wildman–Crippen MR) is 238 cm³/mol. The van der Waals surface area contributed by atoms with Crippen molar-refractivity contribution in [1.29, 1.82) is 0 Å². The highest BCUT2D eigenvalue weighted by molar-refractivity contribution is 6.11. The summed E-state index contributed by atoms with van der Waals surface area (Å²) in [6.45, 7) is 10.2. The van der Waals surface area contributed by atoms with E-state index in [0.29, 0.717) is 63.7 Å². The quantitative estimate of drug-likeness (QED) is 0.0466. The van der Waals surface area contributed by atoms with Gasteiger partial charge in [0.1, 0.15) is 0 Å². The van der Waals surface area contributed by atoms with Gasteiger partial charge in [-0.3, -0.25) is 9.59 Å². The van der Waals surface area contributed by atoms with E-state index >= 15 is 0 Å². The summed E-state index contributed by atoms with van der Waals surface area (Å²) in [5.74, 6) is -0.181. The van der Waals surface area contributed by atoms with Gasteiger partial charge < -0.3 is 40.5 Å². The van der Waals surface area contributed by atoms with Crippen molar-refractivity contribution in [2.75, 3.05) is 105 Å². The Morgan fingerprint density at radius 3 is 1.29 bits per heavy atom. The molecule has 0 spiro atoms. The number of hydrogen-bond acceptors (Lipinski definition) is 10. The number of carbonyl (C=O) groups excluding carboxylic acids is 2. The van der Waals surface area contributed by atoms with E-state index < -0.39 is 0 Å². The molecule has 0 fully saturated rings. The lowest BCUT2D eigenvalue weighted by atomic mass is 10.0. The Bertz CT molecular complexity index is 2200. The molecule has 12 heteroatoms. The first-order valence-corrected chi connectivity index (χ1v) is 20.2. The molecule has 6 aromatic rings. The van der Waals surface area contributed by atoms with Gasteiger partial charge in [0.05, 0.1) is 59.9 Å². The number of amides is 2. The molecule has 0 saturated carbocycles. The molecule has 306 valence electrons. The van der Waals surface area contributed by atoms with Gasteiger partial charge in [0.15, 0.2) is 0 Å². The van der Waals surface area contributed by atoms with Crippen molar-refractivity contribution >= 4 is 66.8 Å². The average molecular weight is 787 g/mol. The maximum Gasteiger partial charge on any atom is 0.251 e. The van der Waals surface area contributed by atoms with E-state index in [4.69, 9.17) is 19.4 Å². The number of benzene rings is 4. The lowest BCUT2D eigenvalue weighted by Crippen LogP contribution is -2.27. The summed E-state index contributed by atoms with van der Waals surface area (Å²) in [5.41, 5.74) is 8.80. The summed E-state index contributed by atoms with van der Waals surface area (Å²) in [7, 11) is 8.11. The number of pyridine rings is 2. The third-order valence-electron chi connectivity index (χ3n) is 9.98. The number of fused-ring (bicyclic) bond motifs is 4. The summed E-state index contributed by atoms with van der Waals surface area (Å²) in [5, 5.41) is 17.1. The zero-order chi connectivity index (χ0) is 41.0. The van der Waals surface area contributed by atoms with Crippen molar-refractivity contribution in [3.63, 3.8) is 0 Å². The van der Waals surface area contributed by atoms with Gasteiger partial charge in [-0.2, -0.15) is 0 Å². The van der Waals surface area contributed by atoms with Crippen molar-refractivity contribution in [1.82, 2.24) is 30.4 Å². The SMILES string of the molecule is Cc1ccc2nc3ccc(C(=O)NCCCN(C)C)cc3c(NCCOCCOCCNc3c4cc(C)ccc4nc4ccc(C(=O)NCCCN(C)C)cc34)c2c1. The molecule has 0 atom stereocenters. The number of carbonyl (C=O) groups is 2. The summed E-state index contributed by atoms with van der Waals surface area (Å²) in [6, 6.07) is 23.8. The number of aryl methyl sites for hydroxylation is 2. The van der Waals surface area contributed by atoms with Crippen LogP contribution in [0.15, 0.2) is 72.8 Å². The zero-order valence-electron chi connectivity index (χ0n) is 34.8. The van der Waals surface area contributed by atoms with Crippen molar-refractivity contribution in [3.05, 3.63) is 95.1 Å². The van der Waals surface area contributed by atoms with Crippen LogP contribution in [0.5, 0.6) is 0 Å². The van der Waals surface area contributed by atoms with Gasteiger partial charge in [-0.1, -0.05) is 23.3 Å². The van der Waals surface area contributed by atoms with E-state index in [1.54, 1.807) is 0 Å². The Balaban J connectivity index is 1.02. The fraction of sp³-hybridized carbons (Fsp3) is 0.391. The number of rotatable bonds is 21. The Morgan fingerprint density at radius 2 is 0.897 bits per heavy atom.